The van der Waals surface area contributed by atoms with Crippen molar-refractivity contribution in [3.8, 4) is 0 Å². The number of allylic oxidation sites excluding steroid dienone is 1. The van der Waals surface area contributed by atoms with Crippen LogP contribution < -0.4 is 0 Å². The summed E-state index contributed by atoms with van der Waals surface area (Å²) in [5, 5.41) is 0.796. The molecule has 1 aromatic carbocycles. The van der Waals surface area contributed by atoms with E-state index in [-0.39, 0.29) is 0 Å². The molecule has 0 saturated carbocycles. The van der Waals surface area contributed by atoms with Crippen molar-refractivity contribution in [1.29, 1.82) is 0 Å². The minimum Gasteiger partial charge on any atom is -0.103 e. The first-order chi connectivity index (χ1) is 6.77. The van der Waals surface area contributed by atoms with Crippen LogP contribution in [-0.4, -0.2) is 0 Å². The first kappa shape index (κ1) is 11.1. The van der Waals surface area contributed by atoms with Crippen LogP contribution in [0.5, 0.6) is 0 Å². The molecule has 0 spiro atoms. The summed E-state index contributed by atoms with van der Waals surface area (Å²) in [5.74, 6) is 0. The average Bonchev–Trinajstić information content (AvgIpc) is 2.19. The van der Waals surface area contributed by atoms with Gasteiger partial charge in [0.1, 0.15) is 0 Å². The Balaban J connectivity index is 2.76. The Morgan fingerprint density at radius 2 is 2.07 bits per heavy atom. The fourth-order valence-corrected chi connectivity index (χ4v) is 1.62. The van der Waals surface area contributed by atoms with Crippen molar-refractivity contribution in [2.45, 2.75) is 19.3 Å². The van der Waals surface area contributed by atoms with Crippen LogP contribution in [-0.2, 0) is 6.42 Å². The van der Waals surface area contributed by atoms with Crippen molar-refractivity contribution < 1.29 is 0 Å². The molecule has 0 aliphatic carbocycles. The van der Waals surface area contributed by atoms with Crippen LogP contribution in [0.3, 0.4) is 0 Å². The van der Waals surface area contributed by atoms with Gasteiger partial charge < -0.3 is 0 Å². The summed E-state index contributed by atoms with van der Waals surface area (Å²) in [4.78, 5) is 0. The third kappa shape index (κ3) is 3.04. The van der Waals surface area contributed by atoms with Gasteiger partial charge in [-0.25, -0.2) is 0 Å². The van der Waals surface area contributed by atoms with E-state index in [4.69, 9.17) is 11.6 Å². The minimum atomic E-state index is 0.796. The molecule has 0 aliphatic rings. The maximum absolute atomic E-state index is 5.93. The second kappa shape index (κ2) is 5.66. The number of benzene rings is 1. The molecule has 0 atom stereocenters. The van der Waals surface area contributed by atoms with Gasteiger partial charge in [-0.2, -0.15) is 0 Å². The Bertz CT molecular complexity index is 326. The van der Waals surface area contributed by atoms with Gasteiger partial charge in [0, 0.05) is 5.02 Å². The summed E-state index contributed by atoms with van der Waals surface area (Å²) in [6, 6.07) is 5.93. The molecule has 0 bridgehead atoms. The first-order valence-electron chi connectivity index (χ1n) is 4.79. The predicted octanol–water partition coefficient (Wildman–Crippen LogP) is 4.49. The number of hydrogen-bond acceptors (Lipinski definition) is 0. The highest BCUT2D eigenvalue weighted by Crippen LogP contribution is 2.19. The largest absolute Gasteiger partial charge is 0.103 e. The highest BCUT2D eigenvalue weighted by atomic mass is 35.5. The quantitative estimate of drug-likeness (QED) is 0.492. The van der Waals surface area contributed by atoms with Crippen molar-refractivity contribution in [1.82, 2.24) is 0 Å². The zero-order valence-corrected chi connectivity index (χ0v) is 9.06. The summed E-state index contributed by atoms with van der Waals surface area (Å²) in [6.07, 6.45) is 7.01. The van der Waals surface area contributed by atoms with Crippen LogP contribution in [0.2, 0.25) is 5.02 Å². The molecule has 0 nitrogen and oxygen atoms in total. The standard InChI is InChI=1S/C13H15Cl/c1-3-5-6-7-12-10-13(14)9-8-11(12)4-2/h3-4,8-10H,1-2,5-7H2. The van der Waals surface area contributed by atoms with Crippen LogP contribution in [0.15, 0.2) is 37.4 Å². The highest BCUT2D eigenvalue weighted by Gasteiger charge is 1.99. The summed E-state index contributed by atoms with van der Waals surface area (Å²) in [6.45, 7) is 7.49. The second-order valence-electron chi connectivity index (χ2n) is 3.23. The van der Waals surface area contributed by atoms with Crippen LogP contribution in [0, 0.1) is 0 Å². The van der Waals surface area contributed by atoms with Gasteiger partial charge in [-0.3, -0.25) is 0 Å². The lowest BCUT2D eigenvalue weighted by molar-refractivity contribution is 0.843. The monoisotopic (exact) mass is 206 g/mol. The van der Waals surface area contributed by atoms with E-state index in [0.717, 1.165) is 24.3 Å². The third-order valence-electron chi connectivity index (χ3n) is 2.18. The van der Waals surface area contributed by atoms with Crippen LogP contribution >= 0.6 is 11.6 Å². The van der Waals surface area contributed by atoms with E-state index >= 15 is 0 Å². The third-order valence-corrected chi connectivity index (χ3v) is 2.41. The molecule has 0 unspecified atom stereocenters. The molecule has 0 saturated heterocycles. The molecule has 14 heavy (non-hydrogen) atoms. The molecule has 1 rings (SSSR count). The summed E-state index contributed by atoms with van der Waals surface area (Å²) < 4.78 is 0. The molecule has 0 aliphatic heterocycles. The van der Waals surface area contributed by atoms with Gasteiger partial charge in [0.05, 0.1) is 0 Å². The normalized spacial score (nSPS) is 9.79. The lowest BCUT2D eigenvalue weighted by atomic mass is 10.0. The number of rotatable bonds is 5. The van der Waals surface area contributed by atoms with Gasteiger partial charge in [-0.05, 0) is 42.5 Å². The second-order valence-corrected chi connectivity index (χ2v) is 3.66. The zero-order chi connectivity index (χ0) is 10.4. The number of hydrogen-bond donors (Lipinski definition) is 0. The SMILES string of the molecule is C=CCCCc1cc(Cl)ccc1C=C. The molecule has 0 fully saturated rings. The van der Waals surface area contributed by atoms with Gasteiger partial charge in [-0.15, -0.1) is 6.58 Å². The lowest BCUT2D eigenvalue weighted by Gasteiger charge is -2.05. The van der Waals surface area contributed by atoms with Crippen LogP contribution in [0.1, 0.15) is 24.0 Å². The Labute approximate surface area is 90.9 Å². The Morgan fingerprint density at radius 1 is 1.29 bits per heavy atom. The molecule has 0 N–H and O–H groups in total. The summed E-state index contributed by atoms with van der Waals surface area (Å²) in [5.41, 5.74) is 2.45. The Hall–Kier alpha value is -1.01. The maximum atomic E-state index is 5.93. The van der Waals surface area contributed by atoms with Crippen molar-refractivity contribution in [2.24, 2.45) is 0 Å². The fraction of sp³-hybridized carbons (Fsp3) is 0.231. The van der Waals surface area contributed by atoms with Crippen LogP contribution in [0.4, 0.5) is 0 Å². The number of unbranched alkanes of at least 4 members (excludes halogenated alkanes) is 1. The van der Waals surface area contributed by atoms with E-state index in [1.807, 2.05) is 30.4 Å². The lowest BCUT2D eigenvalue weighted by Crippen LogP contribution is -1.89. The molecule has 0 aromatic heterocycles. The van der Waals surface area contributed by atoms with E-state index in [1.54, 1.807) is 0 Å². The van der Waals surface area contributed by atoms with E-state index in [9.17, 15) is 0 Å². The molecular weight excluding hydrogens is 192 g/mol. The molecule has 1 aromatic rings. The predicted molar refractivity (Wildman–Crippen MR) is 64.7 cm³/mol. The summed E-state index contributed by atoms with van der Waals surface area (Å²) in [7, 11) is 0. The van der Waals surface area contributed by atoms with Crippen molar-refractivity contribution in [3.63, 3.8) is 0 Å². The zero-order valence-electron chi connectivity index (χ0n) is 8.30. The minimum absolute atomic E-state index is 0.796. The van der Waals surface area contributed by atoms with E-state index < -0.39 is 0 Å². The molecule has 0 amide bonds. The van der Waals surface area contributed by atoms with E-state index in [0.29, 0.717) is 0 Å². The molecule has 0 radical (unpaired) electrons. The van der Waals surface area contributed by atoms with Gasteiger partial charge in [0.15, 0.2) is 0 Å². The Morgan fingerprint density at radius 3 is 2.71 bits per heavy atom. The maximum Gasteiger partial charge on any atom is 0.0409 e. The number of halogens is 1. The van der Waals surface area contributed by atoms with E-state index in [2.05, 4.69) is 13.2 Å². The topological polar surface area (TPSA) is 0 Å². The first-order valence-corrected chi connectivity index (χ1v) is 5.17. The summed E-state index contributed by atoms with van der Waals surface area (Å²) >= 11 is 5.93. The smallest absolute Gasteiger partial charge is 0.0409 e. The number of aryl methyl sites for hydroxylation is 1. The molecular formula is C13H15Cl. The highest BCUT2D eigenvalue weighted by molar-refractivity contribution is 6.30. The van der Waals surface area contributed by atoms with Crippen molar-refractivity contribution >= 4 is 17.7 Å². The fourth-order valence-electron chi connectivity index (χ4n) is 1.43. The van der Waals surface area contributed by atoms with Gasteiger partial charge in [-0.1, -0.05) is 36.4 Å². The van der Waals surface area contributed by atoms with Crippen LogP contribution in [0.25, 0.3) is 6.08 Å². The molecule has 0 heterocycles. The Kier molecular flexibility index (Phi) is 4.48. The van der Waals surface area contributed by atoms with E-state index in [1.165, 1.54) is 11.1 Å². The van der Waals surface area contributed by atoms with Gasteiger partial charge in [0.25, 0.3) is 0 Å². The van der Waals surface area contributed by atoms with Crippen molar-refractivity contribution in [3.05, 3.63) is 53.6 Å². The molecule has 1 heteroatoms. The molecule has 74 valence electrons. The van der Waals surface area contributed by atoms with Crippen molar-refractivity contribution in [2.75, 3.05) is 0 Å². The average molecular weight is 207 g/mol. The van der Waals surface area contributed by atoms with Gasteiger partial charge in [0.2, 0.25) is 0 Å². The van der Waals surface area contributed by atoms with Gasteiger partial charge >= 0.3 is 0 Å².